The van der Waals surface area contributed by atoms with Crippen LogP contribution in [0.25, 0.3) is 0 Å². The molecule has 2 aromatic carbocycles. The standard InChI is InChI=1S/C21H24N2O3/c1-13(2)22-20(24)18-16-7-5-6-8-17(16)21(25)23(3)19(18)14-9-11-15(26-4)12-10-14/h5-13,18-19H,1-4H3,(H,22,24). The molecule has 0 bridgehead atoms. The van der Waals surface area contributed by atoms with E-state index in [0.717, 1.165) is 16.9 Å². The maximum absolute atomic E-state index is 13.1. The first-order valence-electron chi connectivity index (χ1n) is 8.74. The third kappa shape index (κ3) is 3.17. The predicted octanol–water partition coefficient (Wildman–Crippen LogP) is 3.13. The molecule has 136 valence electrons. The largest absolute Gasteiger partial charge is 0.497 e. The molecule has 0 spiro atoms. The van der Waals surface area contributed by atoms with Gasteiger partial charge in [0.05, 0.1) is 19.1 Å². The molecule has 0 saturated carbocycles. The summed E-state index contributed by atoms with van der Waals surface area (Å²) in [5.74, 6) is 0.120. The van der Waals surface area contributed by atoms with Crippen molar-refractivity contribution >= 4 is 11.8 Å². The van der Waals surface area contributed by atoms with E-state index in [0.29, 0.717) is 5.56 Å². The number of ether oxygens (including phenoxy) is 1. The first kappa shape index (κ1) is 18.0. The normalized spacial score (nSPS) is 19.3. The van der Waals surface area contributed by atoms with Crippen LogP contribution in [-0.4, -0.2) is 36.9 Å². The monoisotopic (exact) mass is 352 g/mol. The Hall–Kier alpha value is -2.82. The van der Waals surface area contributed by atoms with Crippen molar-refractivity contribution in [2.24, 2.45) is 0 Å². The molecule has 0 radical (unpaired) electrons. The zero-order valence-electron chi connectivity index (χ0n) is 15.5. The molecule has 3 rings (SSSR count). The summed E-state index contributed by atoms with van der Waals surface area (Å²) in [6.45, 7) is 3.87. The number of benzene rings is 2. The smallest absolute Gasteiger partial charge is 0.254 e. The van der Waals surface area contributed by atoms with Crippen LogP contribution in [-0.2, 0) is 4.79 Å². The molecule has 1 N–H and O–H groups in total. The molecular formula is C21H24N2O3. The molecule has 26 heavy (non-hydrogen) atoms. The molecule has 0 aliphatic carbocycles. The van der Waals surface area contributed by atoms with Gasteiger partial charge >= 0.3 is 0 Å². The number of nitrogens with zero attached hydrogens (tertiary/aromatic N) is 1. The quantitative estimate of drug-likeness (QED) is 0.920. The van der Waals surface area contributed by atoms with Crippen LogP contribution in [0.1, 0.15) is 47.3 Å². The summed E-state index contributed by atoms with van der Waals surface area (Å²) >= 11 is 0. The lowest BCUT2D eigenvalue weighted by molar-refractivity contribution is -0.124. The Labute approximate surface area is 154 Å². The minimum Gasteiger partial charge on any atom is -0.497 e. The number of nitrogens with one attached hydrogen (secondary N) is 1. The molecule has 0 aromatic heterocycles. The number of fused-ring (bicyclic) bond motifs is 1. The SMILES string of the molecule is COc1ccc(C2C(C(=O)NC(C)C)c3ccccc3C(=O)N2C)cc1. The lowest BCUT2D eigenvalue weighted by atomic mass is 9.79. The van der Waals surface area contributed by atoms with Crippen LogP contribution in [0.15, 0.2) is 48.5 Å². The van der Waals surface area contributed by atoms with Crippen LogP contribution in [0, 0.1) is 0 Å². The molecule has 2 unspecified atom stereocenters. The Balaban J connectivity index is 2.12. The second kappa shape index (κ2) is 7.20. The number of likely N-dealkylation sites (N-methyl/N-ethyl adjacent to an activating group) is 1. The summed E-state index contributed by atoms with van der Waals surface area (Å²) in [5.41, 5.74) is 2.26. The molecule has 0 saturated heterocycles. The number of methoxy groups -OCH3 is 1. The molecule has 2 aromatic rings. The summed E-state index contributed by atoms with van der Waals surface area (Å²) in [4.78, 5) is 27.6. The van der Waals surface area contributed by atoms with Crippen molar-refractivity contribution in [3.8, 4) is 5.75 Å². The van der Waals surface area contributed by atoms with Gasteiger partial charge in [0, 0.05) is 18.7 Å². The average Bonchev–Trinajstić information content (AvgIpc) is 2.64. The number of hydrogen-bond donors (Lipinski definition) is 1. The lowest BCUT2D eigenvalue weighted by Gasteiger charge is -2.40. The third-order valence-electron chi connectivity index (χ3n) is 4.75. The molecular weight excluding hydrogens is 328 g/mol. The van der Waals surface area contributed by atoms with E-state index in [1.807, 2.05) is 56.3 Å². The van der Waals surface area contributed by atoms with Crippen LogP contribution in [0.3, 0.4) is 0 Å². The van der Waals surface area contributed by atoms with Crippen molar-refractivity contribution in [3.63, 3.8) is 0 Å². The first-order valence-corrected chi connectivity index (χ1v) is 8.74. The molecule has 5 heteroatoms. The van der Waals surface area contributed by atoms with Gasteiger partial charge in [0.15, 0.2) is 0 Å². The van der Waals surface area contributed by atoms with E-state index in [4.69, 9.17) is 4.74 Å². The Kier molecular flexibility index (Phi) is 4.98. The van der Waals surface area contributed by atoms with Gasteiger partial charge in [-0.2, -0.15) is 0 Å². The average molecular weight is 352 g/mol. The zero-order chi connectivity index (χ0) is 18.8. The highest BCUT2D eigenvalue weighted by Crippen LogP contribution is 2.42. The molecule has 0 fully saturated rings. The number of amides is 2. The van der Waals surface area contributed by atoms with Gasteiger partial charge in [-0.15, -0.1) is 0 Å². The maximum atomic E-state index is 13.1. The molecule has 1 heterocycles. The van der Waals surface area contributed by atoms with Crippen LogP contribution in [0.5, 0.6) is 5.75 Å². The van der Waals surface area contributed by atoms with Crippen molar-refractivity contribution in [2.45, 2.75) is 31.8 Å². The highest BCUT2D eigenvalue weighted by Gasteiger charge is 2.42. The van der Waals surface area contributed by atoms with Crippen molar-refractivity contribution in [1.82, 2.24) is 10.2 Å². The summed E-state index contributed by atoms with van der Waals surface area (Å²) in [6.07, 6.45) is 0. The molecule has 1 aliphatic heterocycles. The van der Waals surface area contributed by atoms with E-state index in [1.165, 1.54) is 0 Å². The van der Waals surface area contributed by atoms with Crippen molar-refractivity contribution in [3.05, 3.63) is 65.2 Å². The Morgan fingerprint density at radius 1 is 1.12 bits per heavy atom. The number of hydrogen-bond acceptors (Lipinski definition) is 3. The minimum atomic E-state index is -0.468. The Morgan fingerprint density at radius 2 is 1.77 bits per heavy atom. The Bertz CT molecular complexity index is 814. The van der Waals surface area contributed by atoms with E-state index >= 15 is 0 Å². The summed E-state index contributed by atoms with van der Waals surface area (Å²) in [7, 11) is 3.36. The zero-order valence-corrected chi connectivity index (χ0v) is 15.5. The van der Waals surface area contributed by atoms with E-state index in [2.05, 4.69) is 5.32 Å². The van der Waals surface area contributed by atoms with Gasteiger partial charge in [0.25, 0.3) is 5.91 Å². The van der Waals surface area contributed by atoms with Gasteiger partial charge in [-0.3, -0.25) is 9.59 Å². The molecule has 2 amide bonds. The van der Waals surface area contributed by atoms with E-state index in [9.17, 15) is 9.59 Å². The highest BCUT2D eigenvalue weighted by atomic mass is 16.5. The minimum absolute atomic E-state index is 0.0223. The van der Waals surface area contributed by atoms with Gasteiger partial charge in [-0.25, -0.2) is 0 Å². The topological polar surface area (TPSA) is 58.6 Å². The van der Waals surface area contributed by atoms with Crippen LogP contribution >= 0.6 is 0 Å². The van der Waals surface area contributed by atoms with Crippen LogP contribution in [0.2, 0.25) is 0 Å². The van der Waals surface area contributed by atoms with E-state index in [1.54, 1.807) is 25.1 Å². The molecule has 1 aliphatic rings. The fourth-order valence-corrected chi connectivity index (χ4v) is 3.55. The summed E-state index contributed by atoms with van der Waals surface area (Å²) < 4.78 is 5.23. The molecule has 2 atom stereocenters. The lowest BCUT2D eigenvalue weighted by Crippen LogP contribution is -2.46. The number of carbonyl (C=O) groups excluding carboxylic acids is 2. The van der Waals surface area contributed by atoms with E-state index < -0.39 is 5.92 Å². The Morgan fingerprint density at radius 3 is 2.38 bits per heavy atom. The van der Waals surface area contributed by atoms with Crippen molar-refractivity contribution in [2.75, 3.05) is 14.2 Å². The van der Waals surface area contributed by atoms with Gasteiger partial charge in [0.2, 0.25) is 5.91 Å². The second-order valence-electron chi connectivity index (χ2n) is 6.86. The molecule has 5 nitrogen and oxygen atoms in total. The van der Waals surface area contributed by atoms with Crippen LogP contribution < -0.4 is 10.1 Å². The maximum Gasteiger partial charge on any atom is 0.254 e. The second-order valence-corrected chi connectivity index (χ2v) is 6.86. The summed E-state index contributed by atoms with van der Waals surface area (Å²) in [6, 6.07) is 14.5. The highest BCUT2D eigenvalue weighted by molar-refractivity contribution is 6.01. The summed E-state index contributed by atoms with van der Waals surface area (Å²) in [5, 5.41) is 3.01. The fraction of sp³-hybridized carbons (Fsp3) is 0.333. The predicted molar refractivity (Wildman–Crippen MR) is 100 cm³/mol. The van der Waals surface area contributed by atoms with Gasteiger partial charge in [0.1, 0.15) is 5.75 Å². The van der Waals surface area contributed by atoms with Gasteiger partial charge in [-0.1, -0.05) is 30.3 Å². The van der Waals surface area contributed by atoms with Crippen molar-refractivity contribution < 1.29 is 14.3 Å². The number of carbonyl (C=O) groups is 2. The third-order valence-corrected chi connectivity index (χ3v) is 4.75. The fourth-order valence-electron chi connectivity index (χ4n) is 3.55. The first-order chi connectivity index (χ1) is 12.4. The van der Waals surface area contributed by atoms with Gasteiger partial charge in [-0.05, 0) is 43.2 Å². The van der Waals surface area contributed by atoms with Crippen molar-refractivity contribution in [1.29, 1.82) is 0 Å². The number of rotatable bonds is 4. The van der Waals surface area contributed by atoms with Crippen LogP contribution in [0.4, 0.5) is 0 Å². The van der Waals surface area contributed by atoms with E-state index in [-0.39, 0.29) is 23.9 Å². The van der Waals surface area contributed by atoms with Gasteiger partial charge < -0.3 is 15.0 Å².